The number of halogens is 3. The van der Waals surface area contributed by atoms with Crippen molar-refractivity contribution in [2.24, 2.45) is 0 Å². The van der Waals surface area contributed by atoms with Crippen molar-refractivity contribution in [3.8, 4) is 5.75 Å². The van der Waals surface area contributed by atoms with Gasteiger partial charge in [0.15, 0.2) is 0 Å². The van der Waals surface area contributed by atoms with Crippen molar-refractivity contribution < 1.29 is 32.2 Å². The summed E-state index contributed by atoms with van der Waals surface area (Å²) in [6.07, 6.45) is -2.38. The van der Waals surface area contributed by atoms with E-state index in [0.717, 1.165) is 31.6 Å². The van der Waals surface area contributed by atoms with Gasteiger partial charge in [0.05, 0.1) is 11.7 Å². The van der Waals surface area contributed by atoms with Crippen molar-refractivity contribution in [3.63, 3.8) is 0 Å². The molecule has 1 unspecified atom stereocenters. The summed E-state index contributed by atoms with van der Waals surface area (Å²) < 4.78 is 49.8. The van der Waals surface area contributed by atoms with Gasteiger partial charge in [0, 0.05) is 29.1 Å². The Kier molecular flexibility index (Phi) is 7.36. The molecule has 3 aromatic carbocycles. The van der Waals surface area contributed by atoms with Crippen LogP contribution in [0.4, 0.5) is 24.5 Å². The molecule has 0 radical (unpaired) electrons. The van der Waals surface area contributed by atoms with E-state index < -0.39 is 17.6 Å². The van der Waals surface area contributed by atoms with Gasteiger partial charge in [-0.15, -0.1) is 0 Å². The van der Waals surface area contributed by atoms with Gasteiger partial charge < -0.3 is 20.1 Å². The highest BCUT2D eigenvalue weighted by Gasteiger charge is 2.30. The second-order valence-corrected chi connectivity index (χ2v) is 8.03. The van der Waals surface area contributed by atoms with Gasteiger partial charge in [-0.1, -0.05) is 6.07 Å². The minimum absolute atomic E-state index is 0.0328. The number of carbonyl (C=O) groups is 2. The molecule has 2 amide bonds. The lowest BCUT2D eigenvalue weighted by Gasteiger charge is -2.12. The van der Waals surface area contributed by atoms with E-state index in [1.165, 1.54) is 36.4 Å². The lowest BCUT2D eigenvalue weighted by atomic mass is 10.1. The fourth-order valence-corrected chi connectivity index (χ4v) is 3.55. The van der Waals surface area contributed by atoms with E-state index in [4.69, 9.17) is 9.47 Å². The Morgan fingerprint density at radius 1 is 0.886 bits per heavy atom. The standard InChI is InChI=1S/C26H23F3N2O4/c27-26(28,29)19-3-1-4-21(15-19)31-25(33)17-6-10-20(11-7-17)30-24(32)18-8-12-22(13-9-18)35-16-23-5-2-14-34-23/h1,3-4,6-13,15,23H,2,5,14,16H2,(H,30,32)(H,31,33). The van der Waals surface area contributed by atoms with Crippen LogP contribution in [0, 0.1) is 0 Å². The van der Waals surface area contributed by atoms with Gasteiger partial charge >= 0.3 is 6.18 Å². The Balaban J connectivity index is 1.31. The molecule has 1 saturated heterocycles. The Morgan fingerprint density at radius 3 is 2.11 bits per heavy atom. The molecule has 182 valence electrons. The number of hydrogen-bond donors (Lipinski definition) is 2. The highest BCUT2D eigenvalue weighted by Crippen LogP contribution is 2.30. The molecule has 35 heavy (non-hydrogen) atoms. The second kappa shape index (κ2) is 10.6. The zero-order valence-electron chi connectivity index (χ0n) is 18.6. The van der Waals surface area contributed by atoms with Crippen molar-refractivity contribution in [3.05, 3.63) is 89.5 Å². The summed E-state index contributed by atoms with van der Waals surface area (Å²) in [5.74, 6) is -0.258. The zero-order valence-corrected chi connectivity index (χ0v) is 18.6. The summed E-state index contributed by atoms with van der Waals surface area (Å²) in [7, 11) is 0. The van der Waals surface area contributed by atoms with E-state index in [2.05, 4.69) is 10.6 Å². The van der Waals surface area contributed by atoms with Crippen LogP contribution in [0.15, 0.2) is 72.8 Å². The molecule has 1 aliphatic rings. The first-order chi connectivity index (χ1) is 16.8. The maximum atomic E-state index is 12.9. The monoisotopic (exact) mass is 484 g/mol. The van der Waals surface area contributed by atoms with Crippen molar-refractivity contribution in [1.29, 1.82) is 0 Å². The Morgan fingerprint density at radius 2 is 1.51 bits per heavy atom. The van der Waals surface area contributed by atoms with Gasteiger partial charge in [0.2, 0.25) is 0 Å². The van der Waals surface area contributed by atoms with Crippen molar-refractivity contribution >= 4 is 23.2 Å². The van der Waals surface area contributed by atoms with Crippen LogP contribution in [0.2, 0.25) is 0 Å². The Hall–Kier alpha value is -3.85. The van der Waals surface area contributed by atoms with E-state index in [-0.39, 0.29) is 23.3 Å². The van der Waals surface area contributed by atoms with Gasteiger partial charge in [-0.3, -0.25) is 9.59 Å². The molecular weight excluding hydrogens is 461 g/mol. The van der Waals surface area contributed by atoms with Crippen LogP contribution in [-0.2, 0) is 10.9 Å². The van der Waals surface area contributed by atoms with Crippen LogP contribution in [-0.4, -0.2) is 31.1 Å². The van der Waals surface area contributed by atoms with E-state index in [9.17, 15) is 22.8 Å². The molecule has 1 atom stereocenters. The number of alkyl halides is 3. The highest BCUT2D eigenvalue weighted by molar-refractivity contribution is 6.06. The average Bonchev–Trinajstić information content (AvgIpc) is 3.37. The molecule has 0 saturated carbocycles. The minimum Gasteiger partial charge on any atom is -0.491 e. The largest absolute Gasteiger partial charge is 0.491 e. The van der Waals surface area contributed by atoms with Gasteiger partial charge in [-0.05, 0) is 79.6 Å². The molecule has 0 spiro atoms. The van der Waals surface area contributed by atoms with Gasteiger partial charge in [0.25, 0.3) is 11.8 Å². The Labute approximate surface area is 200 Å². The molecule has 3 aromatic rings. The number of amides is 2. The van der Waals surface area contributed by atoms with Gasteiger partial charge in [-0.2, -0.15) is 13.2 Å². The fourth-order valence-electron chi connectivity index (χ4n) is 3.55. The normalized spacial score (nSPS) is 15.5. The first-order valence-electron chi connectivity index (χ1n) is 11.0. The van der Waals surface area contributed by atoms with Crippen LogP contribution in [0.25, 0.3) is 0 Å². The van der Waals surface area contributed by atoms with E-state index in [1.54, 1.807) is 24.3 Å². The molecule has 4 rings (SSSR count). The smallest absolute Gasteiger partial charge is 0.416 e. The molecule has 1 heterocycles. The topological polar surface area (TPSA) is 76.7 Å². The maximum Gasteiger partial charge on any atom is 0.416 e. The Bertz CT molecular complexity index is 1170. The number of benzene rings is 3. The van der Waals surface area contributed by atoms with Crippen LogP contribution in [0.5, 0.6) is 5.75 Å². The summed E-state index contributed by atoms with van der Waals surface area (Å²) in [4.78, 5) is 24.9. The first-order valence-corrected chi connectivity index (χ1v) is 11.0. The number of hydrogen-bond acceptors (Lipinski definition) is 4. The molecule has 6 nitrogen and oxygen atoms in total. The maximum absolute atomic E-state index is 12.9. The van der Waals surface area contributed by atoms with Crippen LogP contribution < -0.4 is 15.4 Å². The van der Waals surface area contributed by atoms with Gasteiger partial charge in [0.1, 0.15) is 12.4 Å². The summed E-state index contributed by atoms with van der Waals surface area (Å²) in [5.41, 5.74) is 0.305. The SMILES string of the molecule is O=C(Nc1ccc(C(=O)Nc2cccc(C(F)(F)F)c2)cc1)c1ccc(OCC2CCCO2)cc1. The molecule has 1 aliphatic heterocycles. The zero-order chi connectivity index (χ0) is 24.8. The van der Waals surface area contributed by atoms with Crippen LogP contribution >= 0.6 is 0 Å². The molecular formula is C26H23F3N2O4. The highest BCUT2D eigenvalue weighted by atomic mass is 19.4. The number of nitrogens with one attached hydrogen (secondary N) is 2. The fraction of sp³-hybridized carbons (Fsp3) is 0.231. The lowest BCUT2D eigenvalue weighted by molar-refractivity contribution is -0.137. The summed E-state index contributed by atoms with van der Waals surface area (Å²) >= 11 is 0. The number of ether oxygens (including phenoxy) is 2. The molecule has 0 bridgehead atoms. The molecule has 1 fully saturated rings. The average molecular weight is 484 g/mol. The predicted molar refractivity (Wildman–Crippen MR) is 125 cm³/mol. The van der Waals surface area contributed by atoms with Crippen molar-refractivity contribution in [1.82, 2.24) is 0 Å². The molecule has 9 heteroatoms. The number of anilines is 2. The van der Waals surface area contributed by atoms with E-state index >= 15 is 0 Å². The quantitative estimate of drug-likeness (QED) is 0.447. The van der Waals surface area contributed by atoms with Crippen molar-refractivity contribution in [2.45, 2.75) is 25.1 Å². The summed E-state index contributed by atoms with van der Waals surface area (Å²) in [5, 5.41) is 5.18. The van der Waals surface area contributed by atoms with Crippen molar-refractivity contribution in [2.75, 3.05) is 23.8 Å². The molecule has 2 N–H and O–H groups in total. The first kappa shape index (κ1) is 24.3. The van der Waals surface area contributed by atoms with E-state index in [0.29, 0.717) is 23.6 Å². The van der Waals surface area contributed by atoms with Gasteiger partial charge in [-0.25, -0.2) is 0 Å². The third-order valence-corrected chi connectivity index (χ3v) is 5.43. The second-order valence-electron chi connectivity index (χ2n) is 8.03. The molecule has 0 aromatic heterocycles. The summed E-state index contributed by atoms with van der Waals surface area (Å²) in [6.45, 7) is 1.23. The number of rotatable bonds is 7. The van der Waals surface area contributed by atoms with E-state index in [1.807, 2.05) is 0 Å². The molecule has 0 aliphatic carbocycles. The third-order valence-electron chi connectivity index (χ3n) is 5.43. The third kappa shape index (κ3) is 6.60. The van der Waals surface area contributed by atoms with Crippen LogP contribution in [0.3, 0.4) is 0 Å². The summed E-state index contributed by atoms with van der Waals surface area (Å²) in [6, 6.07) is 17.1. The predicted octanol–water partition coefficient (Wildman–Crippen LogP) is 5.77. The minimum atomic E-state index is -4.50. The lowest BCUT2D eigenvalue weighted by Crippen LogP contribution is -2.16. The van der Waals surface area contributed by atoms with Crippen LogP contribution in [0.1, 0.15) is 39.1 Å². The number of carbonyl (C=O) groups excluding carboxylic acids is 2.